The van der Waals surface area contributed by atoms with Gasteiger partial charge in [-0.1, -0.05) is 0 Å². The summed E-state index contributed by atoms with van der Waals surface area (Å²) in [7, 11) is 0. The Morgan fingerprint density at radius 1 is 1.24 bits per heavy atom. The van der Waals surface area contributed by atoms with Crippen molar-refractivity contribution in [2.75, 3.05) is 38.1 Å². The van der Waals surface area contributed by atoms with Gasteiger partial charge in [0.1, 0.15) is 6.04 Å². The molecule has 1 atom stereocenters. The fraction of sp³-hybridized carbons (Fsp3) is 0.474. The Labute approximate surface area is 168 Å². The molecule has 0 aromatic carbocycles. The minimum Gasteiger partial charge on any atom is -0.459 e. The zero-order chi connectivity index (χ0) is 21.0. The van der Waals surface area contributed by atoms with Crippen molar-refractivity contribution >= 4 is 23.6 Å². The second kappa shape index (κ2) is 8.80. The summed E-state index contributed by atoms with van der Waals surface area (Å²) in [5.41, 5.74) is 1.11. The van der Waals surface area contributed by atoms with Crippen LogP contribution in [0, 0.1) is 6.92 Å². The third kappa shape index (κ3) is 4.58. The highest BCUT2D eigenvalue weighted by molar-refractivity contribution is 6.02. The lowest BCUT2D eigenvalue weighted by Crippen LogP contribution is -2.52. The Bertz CT molecular complexity index is 868. The third-order valence-corrected chi connectivity index (χ3v) is 4.78. The number of furan rings is 1. The maximum atomic E-state index is 12.9. The summed E-state index contributed by atoms with van der Waals surface area (Å²) in [6, 6.07) is 2.65. The quantitative estimate of drug-likeness (QED) is 0.816. The molecule has 156 valence electrons. The Hall–Kier alpha value is -3.30. The number of nitrogens with one attached hydrogen (secondary N) is 1. The van der Waals surface area contributed by atoms with Crippen LogP contribution >= 0.6 is 0 Å². The van der Waals surface area contributed by atoms with Gasteiger partial charge in [0.05, 0.1) is 24.3 Å². The molecule has 1 fully saturated rings. The number of amides is 3. The van der Waals surface area contributed by atoms with Gasteiger partial charge in [-0.15, -0.1) is 0 Å². The summed E-state index contributed by atoms with van der Waals surface area (Å²) in [5.74, 6) is -0.285. The Kier molecular flexibility index (Phi) is 6.20. The van der Waals surface area contributed by atoms with Gasteiger partial charge in [-0.2, -0.15) is 5.10 Å². The number of nitrogens with zero attached hydrogens (tertiary/aromatic N) is 4. The van der Waals surface area contributed by atoms with E-state index in [1.807, 2.05) is 0 Å². The summed E-state index contributed by atoms with van der Waals surface area (Å²) in [4.78, 5) is 40.1. The van der Waals surface area contributed by atoms with Crippen LogP contribution in [0.2, 0.25) is 0 Å². The van der Waals surface area contributed by atoms with Crippen molar-refractivity contribution in [2.45, 2.75) is 26.8 Å². The largest absolute Gasteiger partial charge is 0.459 e. The summed E-state index contributed by atoms with van der Waals surface area (Å²) in [6.07, 6.45) is 2.70. The van der Waals surface area contributed by atoms with E-state index in [-0.39, 0.29) is 23.7 Å². The highest BCUT2D eigenvalue weighted by Gasteiger charge is 2.29. The fourth-order valence-electron chi connectivity index (χ4n) is 3.10. The van der Waals surface area contributed by atoms with E-state index in [2.05, 4.69) is 10.4 Å². The molecule has 0 aliphatic carbocycles. The van der Waals surface area contributed by atoms with E-state index in [0.717, 1.165) is 0 Å². The third-order valence-electron chi connectivity index (χ3n) is 4.78. The first-order chi connectivity index (χ1) is 13.9. The number of aryl methyl sites for hydroxylation is 1. The van der Waals surface area contributed by atoms with Crippen LogP contribution in [0.5, 0.6) is 0 Å². The first-order valence-electron chi connectivity index (χ1n) is 9.51. The molecular formula is C19H25N5O5. The zero-order valence-electron chi connectivity index (χ0n) is 16.8. The van der Waals surface area contributed by atoms with Gasteiger partial charge in [0, 0.05) is 32.4 Å². The van der Waals surface area contributed by atoms with Crippen LogP contribution in [-0.4, -0.2) is 70.3 Å². The number of carbonyl (C=O) groups excluding carboxylic acids is 3. The monoisotopic (exact) mass is 403 g/mol. The van der Waals surface area contributed by atoms with E-state index in [9.17, 15) is 14.4 Å². The summed E-state index contributed by atoms with van der Waals surface area (Å²) in [5, 5.41) is 7.11. The Morgan fingerprint density at radius 3 is 2.55 bits per heavy atom. The molecular weight excluding hydrogens is 378 g/mol. The molecule has 1 unspecified atom stereocenters. The molecule has 0 spiro atoms. The van der Waals surface area contributed by atoms with Crippen LogP contribution in [0.3, 0.4) is 0 Å². The molecule has 0 saturated carbocycles. The second-order valence-corrected chi connectivity index (χ2v) is 6.73. The van der Waals surface area contributed by atoms with Crippen LogP contribution in [-0.2, 0) is 9.53 Å². The van der Waals surface area contributed by atoms with Crippen molar-refractivity contribution in [1.29, 1.82) is 0 Å². The lowest BCUT2D eigenvalue weighted by molar-refractivity contribution is -0.136. The van der Waals surface area contributed by atoms with Crippen molar-refractivity contribution in [2.24, 2.45) is 0 Å². The molecule has 3 rings (SSSR count). The zero-order valence-corrected chi connectivity index (χ0v) is 16.8. The van der Waals surface area contributed by atoms with E-state index in [0.29, 0.717) is 44.2 Å². The Balaban J connectivity index is 1.60. The average molecular weight is 403 g/mol. The first-order valence-corrected chi connectivity index (χ1v) is 9.51. The molecule has 2 aromatic rings. The molecule has 1 aliphatic rings. The molecule has 2 aromatic heterocycles. The molecule has 3 amide bonds. The number of hydrogen-bond acceptors (Lipinski definition) is 6. The van der Waals surface area contributed by atoms with Crippen LogP contribution in [0.1, 0.15) is 36.1 Å². The number of ether oxygens (including phenoxy) is 1. The standard InChI is InChI=1S/C19H25N5O5/c1-4-28-19(27)23-9-7-22(8-10-23)18(26)14(3)24-12-15(13(2)21-24)20-17(25)16-6-5-11-29-16/h5-6,11-12,14H,4,7-10H2,1-3H3,(H,20,25). The maximum Gasteiger partial charge on any atom is 0.409 e. The normalized spacial score (nSPS) is 15.1. The molecule has 1 saturated heterocycles. The topological polar surface area (TPSA) is 110 Å². The Morgan fingerprint density at radius 2 is 1.93 bits per heavy atom. The predicted octanol–water partition coefficient (Wildman–Crippen LogP) is 1.90. The molecule has 0 radical (unpaired) electrons. The summed E-state index contributed by atoms with van der Waals surface area (Å²) < 4.78 is 11.6. The van der Waals surface area contributed by atoms with E-state index in [4.69, 9.17) is 9.15 Å². The highest BCUT2D eigenvalue weighted by atomic mass is 16.6. The van der Waals surface area contributed by atoms with Gasteiger partial charge in [0.2, 0.25) is 5.91 Å². The van der Waals surface area contributed by atoms with Gasteiger partial charge in [0.25, 0.3) is 5.91 Å². The SMILES string of the molecule is CCOC(=O)N1CCN(C(=O)C(C)n2cc(NC(=O)c3ccco3)c(C)n2)CC1. The lowest BCUT2D eigenvalue weighted by Gasteiger charge is -2.35. The summed E-state index contributed by atoms with van der Waals surface area (Å²) in [6.45, 7) is 7.33. The number of rotatable bonds is 5. The second-order valence-electron chi connectivity index (χ2n) is 6.73. The van der Waals surface area contributed by atoms with Gasteiger partial charge >= 0.3 is 6.09 Å². The van der Waals surface area contributed by atoms with Crippen molar-refractivity contribution in [1.82, 2.24) is 19.6 Å². The number of anilines is 1. The number of carbonyl (C=O) groups is 3. The highest BCUT2D eigenvalue weighted by Crippen LogP contribution is 2.19. The van der Waals surface area contributed by atoms with Crippen molar-refractivity contribution in [3.05, 3.63) is 36.0 Å². The van der Waals surface area contributed by atoms with Crippen LogP contribution in [0.15, 0.2) is 29.0 Å². The molecule has 29 heavy (non-hydrogen) atoms. The van der Waals surface area contributed by atoms with E-state index in [1.54, 1.807) is 48.9 Å². The van der Waals surface area contributed by atoms with Crippen molar-refractivity contribution < 1.29 is 23.5 Å². The average Bonchev–Trinajstić information content (AvgIpc) is 3.38. The predicted molar refractivity (Wildman–Crippen MR) is 104 cm³/mol. The van der Waals surface area contributed by atoms with Crippen LogP contribution in [0.4, 0.5) is 10.5 Å². The van der Waals surface area contributed by atoms with E-state index in [1.165, 1.54) is 10.9 Å². The minimum atomic E-state index is -0.544. The molecule has 10 heteroatoms. The number of piperazine rings is 1. The molecule has 1 N–H and O–H groups in total. The van der Waals surface area contributed by atoms with E-state index < -0.39 is 6.04 Å². The van der Waals surface area contributed by atoms with Crippen molar-refractivity contribution in [3.63, 3.8) is 0 Å². The molecule has 0 bridgehead atoms. The van der Waals surface area contributed by atoms with Gasteiger partial charge < -0.3 is 24.3 Å². The van der Waals surface area contributed by atoms with Crippen molar-refractivity contribution in [3.8, 4) is 0 Å². The van der Waals surface area contributed by atoms with Gasteiger partial charge in [-0.05, 0) is 32.9 Å². The summed E-state index contributed by atoms with van der Waals surface area (Å²) >= 11 is 0. The van der Waals surface area contributed by atoms with Crippen LogP contribution < -0.4 is 5.32 Å². The maximum absolute atomic E-state index is 12.9. The number of aromatic nitrogens is 2. The number of hydrogen-bond donors (Lipinski definition) is 1. The first kappa shape index (κ1) is 20.4. The lowest BCUT2D eigenvalue weighted by atomic mass is 10.2. The van der Waals surface area contributed by atoms with E-state index >= 15 is 0 Å². The smallest absolute Gasteiger partial charge is 0.409 e. The molecule has 10 nitrogen and oxygen atoms in total. The van der Waals surface area contributed by atoms with Gasteiger partial charge in [0.15, 0.2) is 5.76 Å². The fourth-order valence-corrected chi connectivity index (χ4v) is 3.10. The molecule has 3 heterocycles. The van der Waals surface area contributed by atoms with Gasteiger partial charge in [-0.3, -0.25) is 14.3 Å². The van der Waals surface area contributed by atoms with Gasteiger partial charge in [-0.25, -0.2) is 4.79 Å². The molecule has 1 aliphatic heterocycles. The van der Waals surface area contributed by atoms with Crippen LogP contribution in [0.25, 0.3) is 0 Å². The minimum absolute atomic E-state index is 0.0973.